The Hall–Kier alpha value is -0.440. The van der Waals surface area contributed by atoms with E-state index in [1.54, 1.807) is 23.1 Å². The van der Waals surface area contributed by atoms with Gasteiger partial charge in [0.25, 0.3) is 0 Å². The largest absolute Gasteiger partial charge is 0.312 e. The average molecular weight is 360 g/mol. The van der Waals surface area contributed by atoms with Gasteiger partial charge in [-0.1, -0.05) is 11.8 Å². The zero-order valence-electron chi connectivity index (χ0n) is 10.3. The summed E-state index contributed by atoms with van der Waals surface area (Å²) in [6, 6.07) is 4.93. The van der Waals surface area contributed by atoms with Crippen molar-refractivity contribution in [2.24, 2.45) is 0 Å². The molecule has 0 saturated heterocycles. The molecule has 0 unspecified atom stereocenters. The second-order valence-corrected chi connectivity index (χ2v) is 7.90. The minimum absolute atomic E-state index is 0.732. The minimum atomic E-state index is 0.732. The zero-order valence-corrected chi connectivity index (χ0v) is 13.5. The predicted molar refractivity (Wildman–Crippen MR) is 80.4 cm³/mol. The molecule has 5 nitrogen and oxygen atoms in total. The molecule has 19 heavy (non-hydrogen) atoms. The molecular weight excluding hydrogens is 346 g/mol. The lowest BCUT2D eigenvalue weighted by molar-refractivity contribution is 0.509. The first-order chi connectivity index (χ1) is 9.31. The van der Waals surface area contributed by atoms with E-state index in [1.807, 2.05) is 4.68 Å². The maximum Gasteiger partial charge on any atom is 0.209 e. The third-order valence-electron chi connectivity index (χ3n) is 2.81. The molecule has 102 valence electrons. The number of halogens is 1. The van der Waals surface area contributed by atoms with Crippen molar-refractivity contribution in [3.8, 4) is 0 Å². The highest BCUT2D eigenvalue weighted by molar-refractivity contribution is 9.11. The molecular formula is C11H14BrN5S2. The Morgan fingerprint density at radius 3 is 3.11 bits per heavy atom. The molecule has 1 fully saturated rings. The molecule has 2 heterocycles. The Morgan fingerprint density at radius 2 is 2.37 bits per heavy atom. The first-order valence-electron chi connectivity index (χ1n) is 6.18. The normalized spacial score (nSPS) is 15.0. The van der Waals surface area contributed by atoms with Crippen LogP contribution in [0.1, 0.15) is 17.7 Å². The summed E-state index contributed by atoms with van der Waals surface area (Å²) in [6.45, 7) is 1.77. The van der Waals surface area contributed by atoms with Gasteiger partial charge in [0, 0.05) is 23.2 Å². The third-order valence-corrected chi connectivity index (χ3v) is 5.62. The Kier molecular flexibility index (Phi) is 4.52. The molecule has 1 aliphatic rings. The molecule has 0 radical (unpaired) electrons. The number of thioether (sulfide) groups is 1. The van der Waals surface area contributed by atoms with Gasteiger partial charge >= 0.3 is 0 Å². The van der Waals surface area contributed by atoms with E-state index in [0.29, 0.717) is 0 Å². The van der Waals surface area contributed by atoms with Crippen LogP contribution in [0, 0.1) is 0 Å². The number of nitrogens with one attached hydrogen (secondary N) is 1. The number of hydrogen-bond acceptors (Lipinski definition) is 6. The molecule has 0 bridgehead atoms. The second kappa shape index (κ2) is 6.34. The average Bonchev–Trinajstić information content (AvgIpc) is 2.95. The summed E-state index contributed by atoms with van der Waals surface area (Å²) in [5.74, 6) is 0.909. The molecule has 2 aromatic heterocycles. The van der Waals surface area contributed by atoms with E-state index in [1.165, 1.54) is 17.7 Å². The molecule has 0 aromatic carbocycles. The maximum atomic E-state index is 4.08. The maximum absolute atomic E-state index is 4.08. The lowest BCUT2D eigenvalue weighted by Crippen LogP contribution is -2.22. The van der Waals surface area contributed by atoms with Crippen LogP contribution in [0.25, 0.3) is 0 Å². The number of thiophene rings is 1. The number of aromatic nitrogens is 4. The van der Waals surface area contributed by atoms with Crippen LogP contribution in [0.2, 0.25) is 0 Å². The summed E-state index contributed by atoms with van der Waals surface area (Å²) in [5.41, 5.74) is 0. The van der Waals surface area contributed by atoms with E-state index in [4.69, 9.17) is 0 Å². The van der Waals surface area contributed by atoms with Crippen molar-refractivity contribution < 1.29 is 0 Å². The number of tetrazole rings is 1. The van der Waals surface area contributed by atoms with Crippen molar-refractivity contribution in [3.05, 3.63) is 20.8 Å². The van der Waals surface area contributed by atoms with Crippen molar-refractivity contribution >= 4 is 39.0 Å². The first-order valence-corrected chi connectivity index (χ1v) is 8.77. The smallest absolute Gasteiger partial charge is 0.209 e. The van der Waals surface area contributed by atoms with Gasteiger partial charge in [-0.25, -0.2) is 4.68 Å². The van der Waals surface area contributed by atoms with Gasteiger partial charge in [0.15, 0.2) is 0 Å². The topological polar surface area (TPSA) is 55.6 Å². The van der Waals surface area contributed by atoms with Crippen molar-refractivity contribution in [1.82, 2.24) is 25.5 Å². The molecule has 3 rings (SSSR count). The molecule has 1 N–H and O–H groups in total. The molecule has 1 aliphatic carbocycles. The Labute approximate surface area is 128 Å². The predicted octanol–water partition coefficient (Wildman–Crippen LogP) is 2.54. The van der Waals surface area contributed by atoms with Crippen LogP contribution in [0.5, 0.6) is 0 Å². The molecule has 0 atom stereocenters. The first kappa shape index (κ1) is 13.5. The van der Waals surface area contributed by atoms with Crippen LogP contribution in [0.4, 0.5) is 0 Å². The number of rotatable bonds is 7. The van der Waals surface area contributed by atoms with Gasteiger partial charge < -0.3 is 5.32 Å². The number of nitrogens with zero attached hydrogens (tertiary/aromatic N) is 4. The lowest BCUT2D eigenvalue weighted by Gasteiger charge is -2.04. The fraction of sp³-hybridized carbons (Fsp3) is 0.545. The summed E-state index contributed by atoms with van der Waals surface area (Å²) in [4.78, 5) is 1.32. The van der Waals surface area contributed by atoms with E-state index in [0.717, 1.165) is 33.8 Å². The third kappa shape index (κ3) is 4.01. The van der Waals surface area contributed by atoms with Crippen LogP contribution in [0.15, 0.2) is 21.1 Å². The molecule has 2 aromatic rings. The fourth-order valence-corrected chi connectivity index (χ4v) is 4.10. The van der Waals surface area contributed by atoms with E-state index < -0.39 is 0 Å². The SMILES string of the molecule is Brc1ccc(CSc2nnnn2CCNC2CC2)s1. The van der Waals surface area contributed by atoms with Crippen molar-refractivity contribution in [2.45, 2.75) is 36.3 Å². The Balaban J connectivity index is 1.50. The van der Waals surface area contributed by atoms with Gasteiger partial charge in [-0.15, -0.1) is 16.4 Å². The van der Waals surface area contributed by atoms with Gasteiger partial charge in [0.05, 0.1) is 10.3 Å². The summed E-state index contributed by atoms with van der Waals surface area (Å²) in [6.07, 6.45) is 2.62. The summed E-state index contributed by atoms with van der Waals surface area (Å²) < 4.78 is 3.04. The van der Waals surface area contributed by atoms with Crippen LogP contribution in [-0.2, 0) is 12.3 Å². The summed E-state index contributed by atoms with van der Waals surface area (Å²) >= 11 is 6.91. The quantitative estimate of drug-likeness (QED) is 0.769. The zero-order chi connectivity index (χ0) is 13.1. The molecule has 0 aliphatic heterocycles. The van der Waals surface area contributed by atoms with Crippen molar-refractivity contribution in [1.29, 1.82) is 0 Å². The van der Waals surface area contributed by atoms with E-state index in [9.17, 15) is 0 Å². The highest BCUT2D eigenvalue weighted by Gasteiger charge is 2.20. The second-order valence-electron chi connectivity index (χ2n) is 4.41. The monoisotopic (exact) mass is 359 g/mol. The van der Waals surface area contributed by atoms with Crippen LogP contribution >= 0.6 is 39.0 Å². The van der Waals surface area contributed by atoms with Gasteiger partial charge in [-0.05, 0) is 51.3 Å². The Bertz CT molecular complexity index is 537. The summed E-state index contributed by atoms with van der Waals surface area (Å²) in [7, 11) is 0. The van der Waals surface area contributed by atoms with E-state index in [2.05, 4.69) is 48.9 Å². The standard InChI is InChI=1S/C11H14BrN5S2/c12-10-4-3-9(19-10)7-18-11-14-15-16-17(11)6-5-13-8-1-2-8/h3-4,8,13H,1-2,5-7H2. The van der Waals surface area contributed by atoms with Crippen molar-refractivity contribution in [2.75, 3.05) is 6.54 Å². The van der Waals surface area contributed by atoms with Crippen LogP contribution in [0.3, 0.4) is 0 Å². The van der Waals surface area contributed by atoms with Crippen LogP contribution in [-0.4, -0.2) is 32.8 Å². The highest BCUT2D eigenvalue weighted by atomic mass is 79.9. The van der Waals surface area contributed by atoms with Gasteiger partial charge in [-0.2, -0.15) is 0 Å². The van der Waals surface area contributed by atoms with Gasteiger partial charge in [0.2, 0.25) is 5.16 Å². The van der Waals surface area contributed by atoms with E-state index >= 15 is 0 Å². The van der Waals surface area contributed by atoms with E-state index in [-0.39, 0.29) is 0 Å². The fourth-order valence-electron chi connectivity index (χ4n) is 1.67. The molecule has 0 spiro atoms. The number of hydrogen-bond donors (Lipinski definition) is 1. The molecule has 8 heteroatoms. The highest BCUT2D eigenvalue weighted by Crippen LogP contribution is 2.28. The molecule has 0 amide bonds. The minimum Gasteiger partial charge on any atom is -0.312 e. The molecule has 1 saturated carbocycles. The Morgan fingerprint density at radius 1 is 1.47 bits per heavy atom. The van der Waals surface area contributed by atoms with Gasteiger partial charge in [-0.3, -0.25) is 0 Å². The van der Waals surface area contributed by atoms with Gasteiger partial charge in [0.1, 0.15) is 0 Å². The summed E-state index contributed by atoms with van der Waals surface area (Å²) in [5, 5.41) is 16.2. The lowest BCUT2D eigenvalue weighted by atomic mass is 10.5. The van der Waals surface area contributed by atoms with Crippen LogP contribution < -0.4 is 5.32 Å². The van der Waals surface area contributed by atoms with Crippen molar-refractivity contribution in [3.63, 3.8) is 0 Å².